The number of rotatable bonds is 8. The molecule has 0 saturated carbocycles. The fourth-order valence-electron chi connectivity index (χ4n) is 2.98. The second kappa shape index (κ2) is 10.5. The summed E-state index contributed by atoms with van der Waals surface area (Å²) in [4.78, 5) is 12.8. The monoisotopic (exact) mass is 483 g/mol. The third-order valence-electron chi connectivity index (χ3n) is 4.44. The van der Waals surface area contributed by atoms with E-state index in [9.17, 15) is 13.2 Å². The molecule has 0 heterocycles. The standard InChI is InChI=1S/C24H22ClN3O4S/c1-16(2)28-33(30,31)21-9-10-23(25)22(13-21)24(29)27-19-7-4-8-20(12-19)32-15-18-6-3-5-17(11-18)14-26/h3-13,16,28H,15H2,1-2H3,(H,27,29). The van der Waals surface area contributed by atoms with Crippen LogP contribution in [0.2, 0.25) is 5.02 Å². The number of ether oxygens (including phenoxy) is 1. The Morgan fingerprint density at radius 1 is 1.09 bits per heavy atom. The lowest BCUT2D eigenvalue weighted by atomic mass is 10.1. The average molecular weight is 484 g/mol. The van der Waals surface area contributed by atoms with Crippen molar-refractivity contribution in [2.24, 2.45) is 0 Å². The maximum Gasteiger partial charge on any atom is 0.257 e. The first-order valence-corrected chi connectivity index (χ1v) is 11.9. The van der Waals surface area contributed by atoms with Gasteiger partial charge in [0.1, 0.15) is 12.4 Å². The summed E-state index contributed by atoms with van der Waals surface area (Å²) in [6.45, 7) is 3.66. The molecule has 0 atom stereocenters. The Bertz CT molecular complexity index is 1320. The minimum atomic E-state index is -3.78. The maximum absolute atomic E-state index is 12.8. The van der Waals surface area contributed by atoms with Crippen LogP contribution in [0.4, 0.5) is 5.69 Å². The molecule has 2 N–H and O–H groups in total. The molecule has 0 spiro atoms. The van der Waals surface area contributed by atoms with Crippen LogP contribution in [0.5, 0.6) is 5.75 Å². The molecule has 0 bridgehead atoms. The number of sulfonamides is 1. The Balaban J connectivity index is 1.74. The number of hydrogen-bond acceptors (Lipinski definition) is 5. The SMILES string of the molecule is CC(C)NS(=O)(=O)c1ccc(Cl)c(C(=O)Nc2cccc(OCc3cccc(C#N)c3)c2)c1. The molecule has 0 unspecified atom stereocenters. The van der Waals surface area contributed by atoms with Gasteiger partial charge in [-0.15, -0.1) is 0 Å². The predicted molar refractivity (Wildman–Crippen MR) is 127 cm³/mol. The summed E-state index contributed by atoms with van der Waals surface area (Å²) in [5, 5.41) is 11.8. The van der Waals surface area contributed by atoms with Crippen molar-refractivity contribution >= 4 is 33.2 Å². The van der Waals surface area contributed by atoms with Gasteiger partial charge in [-0.3, -0.25) is 4.79 Å². The summed E-state index contributed by atoms with van der Waals surface area (Å²) in [6.07, 6.45) is 0. The second-order valence-corrected chi connectivity index (χ2v) is 9.62. The molecule has 0 aliphatic heterocycles. The van der Waals surface area contributed by atoms with Crippen molar-refractivity contribution in [2.75, 3.05) is 5.32 Å². The van der Waals surface area contributed by atoms with Gasteiger partial charge in [-0.05, 0) is 61.9 Å². The number of anilines is 1. The number of nitrogens with zero attached hydrogens (tertiary/aromatic N) is 1. The molecule has 0 saturated heterocycles. The summed E-state index contributed by atoms with van der Waals surface area (Å²) >= 11 is 6.16. The summed E-state index contributed by atoms with van der Waals surface area (Å²) < 4.78 is 33.1. The first-order chi connectivity index (χ1) is 15.7. The molecule has 7 nitrogen and oxygen atoms in total. The molecule has 0 aliphatic carbocycles. The highest BCUT2D eigenvalue weighted by Gasteiger charge is 2.19. The topological polar surface area (TPSA) is 108 Å². The molecular weight excluding hydrogens is 462 g/mol. The van der Waals surface area contributed by atoms with Crippen molar-refractivity contribution in [1.82, 2.24) is 4.72 Å². The molecule has 3 rings (SSSR count). The number of nitriles is 1. The van der Waals surface area contributed by atoms with Crippen molar-refractivity contribution in [3.63, 3.8) is 0 Å². The minimum Gasteiger partial charge on any atom is -0.489 e. The molecule has 0 radical (unpaired) electrons. The molecule has 3 aromatic rings. The smallest absolute Gasteiger partial charge is 0.257 e. The summed E-state index contributed by atoms with van der Waals surface area (Å²) in [6, 6.07) is 19.6. The Kier molecular flexibility index (Phi) is 7.71. The normalized spacial score (nSPS) is 11.1. The van der Waals surface area contributed by atoms with Crippen LogP contribution in [0, 0.1) is 11.3 Å². The van der Waals surface area contributed by atoms with Crippen molar-refractivity contribution in [1.29, 1.82) is 5.26 Å². The van der Waals surface area contributed by atoms with Crippen LogP contribution in [0.25, 0.3) is 0 Å². The molecule has 0 aromatic heterocycles. The maximum atomic E-state index is 12.8. The molecule has 9 heteroatoms. The quantitative estimate of drug-likeness (QED) is 0.481. The summed E-state index contributed by atoms with van der Waals surface area (Å²) in [5.74, 6) is -0.0424. The summed E-state index contributed by atoms with van der Waals surface area (Å²) in [7, 11) is -3.78. The van der Waals surface area contributed by atoms with Gasteiger partial charge in [0.2, 0.25) is 10.0 Å². The molecule has 3 aromatic carbocycles. The number of nitrogens with one attached hydrogen (secondary N) is 2. The van der Waals surface area contributed by atoms with E-state index in [1.807, 2.05) is 6.07 Å². The van der Waals surface area contributed by atoms with E-state index in [-0.39, 0.29) is 28.1 Å². The van der Waals surface area contributed by atoms with Crippen molar-refractivity contribution < 1.29 is 17.9 Å². The van der Waals surface area contributed by atoms with E-state index in [0.29, 0.717) is 17.0 Å². The highest BCUT2D eigenvalue weighted by molar-refractivity contribution is 7.89. The minimum absolute atomic E-state index is 0.0305. The van der Waals surface area contributed by atoms with Gasteiger partial charge < -0.3 is 10.1 Å². The van der Waals surface area contributed by atoms with E-state index in [4.69, 9.17) is 21.6 Å². The fraction of sp³-hybridized carbons (Fsp3) is 0.167. The highest BCUT2D eigenvalue weighted by Crippen LogP contribution is 2.24. The van der Waals surface area contributed by atoms with Crippen LogP contribution in [-0.2, 0) is 16.6 Å². The van der Waals surface area contributed by atoms with Crippen LogP contribution in [0.3, 0.4) is 0 Å². The van der Waals surface area contributed by atoms with E-state index < -0.39 is 15.9 Å². The molecular formula is C24H22ClN3O4S. The fourth-order valence-corrected chi connectivity index (χ4v) is 4.46. The van der Waals surface area contributed by atoms with E-state index in [0.717, 1.165) is 5.56 Å². The van der Waals surface area contributed by atoms with Gasteiger partial charge >= 0.3 is 0 Å². The summed E-state index contributed by atoms with van der Waals surface area (Å²) in [5.41, 5.74) is 1.86. The zero-order valence-electron chi connectivity index (χ0n) is 18.0. The first-order valence-electron chi connectivity index (χ1n) is 10.0. The second-order valence-electron chi connectivity index (χ2n) is 7.50. The number of hydrogen-bond donors (Lipinski definition) is 2. The van der Waals surface area contributed by atoms with Crippen molar-refractivity contribution in [3.05, 3.63) is 88.4 Å². The number of benzene rings is 3. The van der Waals surface area contributed by atoms with Gasteiger partial charge in [0.25, 0.3) is 5.91 Å². The molecule has 1 amide bonds. The molecule has 170 valence electrons. The molecule has 0 fully saturated rings. The van der Waals surface area contributed by atoms with E-state index in [1.54, 1.807) is 56.3 Å². The predicted octanol–water partition coefficient (Wildman–Crippen LogP) is 4.73. The number of carbonyl (C=O) groups is 1. The highest BCUT2D eigenvalue weighted by atomic mass is 35.5. The van der Waals surface area contributed by atoms with E-state index in [2.05, 4.69) is 16.1 Å². The Labute approximate surface area is 198 Å². The molecule has 33 heavy (non-hydrogen) atoms. The molecule has 0 aliphatic rings. The first kappa shape index (κ1) is 24.3. The Morgan fingerprint density at radius 3 is 2.58 bits per heavy atom. The van der Waals surface area contributed by atoms with E-state index in [1.165, 1.54) is 18.2 Å². The number of halogens is 1. The van der Waals surface area contributed by atoms with Gasteiger partial charge in [-0.2, -0.15) is 5.26 Å². The zero-order chi connectivity index (χ0) is 24.0. The van der Waals surface area contributed by atoms with Crippen LogP contribution in [0.1, 0.15) is 35.3 Å². The third kappa shape index (κ3) is 6.56. The van der Waals surface area contributed by atoms with Crippen molar-refractivity contribution in [2.45, 2.75) is 31.4 Å². The van der Waals surface area contributed by atoms with E-state index >= 15 is 0 Å². The number of carbonyl (C=O) groups excluding carboxylic acids is 1. The zero-order valence-corrected chi connectivity index (χ0v) is 19.6. The van der Waals surface area contributed by atoms with Gasteiger partial charge in [0, 0.05) is 17.8 Å². The van der Waals surface area contributed by atoms with Crippen LogP contribution in [0.15, 0.2) is 71.6 Å². The van der Waals surface area contributed by atoms with Crippen LogP contribution < -0.4 is 14.8 Å². The number of amides is 1. The lowest BCUT2D eigenvalue weighted by Crippen LogP contribution is -2.30. The lowest BCUT2D eigenvalue weighted by molar-refractivity contribution is 0.102. The van der Waals surface area contributed by atoms with Crippen molar-refractivity contribution in [3.8, 4) is 11.8 Å². The lowest BCUT2D eigenvalue weighted by Gasteiger charge is -2.13. The largest absolute Gasteiger partial charge is 0.489 e. The van der Waals surface area contributed by atoms with Gasteiger partial charge in [-0.25, -0.2) is 13.1 Å². The third-order valence-corrected chi connectivity index (χ3v) is 6.42. The van der Waals surface area contributed by atoms with Gasteiger partial charge in [-0.1, -0.05) is 29.8 Å². The van der Waals surface area contributed by atoms with Crippen LogP contribution >= 0.6 is 11.6 Å². The van der Waals surface area contributed by atoms with Gasteiger partial charge in [0.05, 0.1) is 27.1 Å². The average Bonchev–Trinajstić information content (AvgIpc) is 2.77. The Morgan fingerprint density at radius 2 is 1.85 bits per heavy atom. The van der Waals surface area contributed by atoms with Gasteiger partial charge in [0.15, 0.2) is 0 Å². The van der Waals surface area contributed by atoms with Crippen LogP contribution in [-0.4, -0.2) is 20.4 Å². The Hall–Kier alpha value is -3.38.